The van der Waals surface area contributed by atoms with Crippen molar-refractivity contribution in [3.63, 3.8) is 0 Å². The molecule has 1 aromatic carbocycles. The van der Waals surface area contributed by atoms with Gasteiger partial charge in [0, 0.05) is 22.9 Å². The van der Waals surface area contributed by atoms with Gasteiger partial charge in [-0.1, -0.05) is 11.6 Å². The van der Waals surface area contributed by atoms with E-state index in [0.29, 0.717) is 17.1 Å². The molecule has 0 saturated heterocycles. The van der Waals surface area contributed by atoms with Crippen LogP contribution in [0.2, 0.25) is 5.02 Å². The van der Waals surface area contributed by atoms with Crippen molar-refractivity contribution in [1.29, 1.82) is 0 Å². The van der Waals surface area contributed by atoms with Crippen molar-refractivity contribution in [3.05, 3.63) is 46.5 Å². The van der Waals surface area contributed by atoms with E-state index in [-0.39, 0.29) is 12.1 Å². The van der Waals surface area contributed by atoms with E-state index in [9.17, 15) is 4.79 Å². The van der Waals surface area contributed by atoms with Crippen LogP contribution < -0.4 is 5.32 Å². The summed E-state index contributed by atoms with van der Waals surface area (Å²) in [6.45, 7) is 4.48. The second-order valence-corrected chi connectivity index (χ2v) is 5.18. The van der Waals surface area contributed by atoms with Crippen LogP contribution in [0.15, 0.2) is 24.5 Å². The molecular formula is C14H15ClN4O. The van der Waals surface area contributed by atoms with Gasteiger partial charge >= 0.3 is 0 Å². The van der Waals surface area contributed by atoms with Crippen molar-refractivity contribution in [3.8, 4) is 0 Å². The SMILES string of the molecule is CCN1C(=O)c2cc(Cl)ccc2N[C@@H]1c1nc[nH]c1C. The molecule has 0 bridgehead atoms. The van der Waals surface area contributed by atoms with E-state index in [0.717, 1.165) is 17.1 Å². The molecule has 1 aliphatic heterocycles. The minimum absolute atomic E-state index is 0.0313. The molecule has 5 nitrogen and oxygen atoms in total. The van der Waals surface area contributed by atoms with Crippen molar-refractivity contribution in [2.45, 2.75) is 20.0 Å². The third-order valence-corrected chi connectivity index (χ3v) is 3.78. The monoisotopic (exact) mass is 290 g/mol. The number of hydrogen-bond acceptors (Lipinski definition) is 3. The zero-order valence-corrected chi connectivity index (χ0v) is 12.0. The number of nitrogens with one attached hydrogen (secondary N) is 2. The number of amides is 1. The quantitative estimate of drug-likeness (QED) is 0.894. The summed E-state index contributed by atoms with van der Waals surface area (Å²) < 4.78 is 0. The average molecular weight is 291 g/mol. The van der Waals surface area contributed by atoms with Crippen LogP contribution in [0, 0.1) is 6.92 Å². The van der Waals surface area contributed by atoms with Crippen molar-refractivity contribution in [1.82, 2.24) is 14.9 Å². The molecule has 0 unspecified atom stereocenters. The molecule has 2 aromatic rings. The van der Waals surface area contributed by atoms with E-state index >= 15 is 0 Å². The highest BCUT2D eigenvalue weighted by molar-refractivity contribution is 6.31. The summed E-state index contributed by atoms with van der Waals surface area (Å²) in [4.78, 5) is 21.7. The molecule has 2 N–H and O–H groups in total. The van der Waals surface area contributed by atoms with Gasteiger partial charge in [0.05, 0.1) is 11.9 Å². The molecule has 0 fully saturated rings. The maximum atomic E-state index is 12.6. The second kappa shape index (κ2) is 4.83. The molecule has 1 atom stereocenters. The van der Waals surface area contributed by atoms with Crippen LogP contribution in [0.4, 0.5) is 5.69 Å². The van der Waals surface area contributed by atoms with Gasteiger partial charge in [0.25, 0.3) is 5.91 Å². The number of aromatic nitrogens is 2. The van der Waals surface area contributed by atoms with Crippen LogP contribution in [-0.4, -0.2) is 27.3 Å². The van der Waals surface area contributed by atoms with Crippen LogP contribution in [0.25, 0.3) is 0 Å². The lowest BCUT2D eigenvalue weighted by Crippen LogP contribution is -2.43. The number of aromatic amines is 1. The van der Waals surface area contributed by atoms with Gasteiger partial charge in [-0.25, -0.2) is 4.98 Å². The van der Waals surface area contributed by atoms with Gasteiger partial charge < -0.3 is 15.2 Å². The molecule has 20 heavy (non-hydrogen) atoms. The van der Waals surface area contributed by atoms with Crippen LogP contribution in [0.1, 0.15) is 34.8 Å². The van der Waals surface area contributed by atoms with Gasteiger partial charge in [0.1, 0.15) is 11.9 Å². The predicted octanol–water partition coefficient (Wildman–Crippen LogP) is 2.96. The minimum atomic E-state index is -0.257. The lowest BCUT2D eigenvalue weighted by atomic mass is 10.1. The Hall–Kier alpha value is -2.01. The van der Waals surface area contributed by atoms with Gasteiger partial charge in [0.2, 0.25) is 0 Å². The van der Waals surface area contributed by atoms with E-state index in [4.69, 9.17) is 11.6 Å². The number of imidazole rings is 1. The molecule has 2 heterocycles. The predicted molar refractivity (Wildman–Crippen MR) is 77.9 cm³/mol. The summed E-state index contributed by atoms with van der Waals surface area (Å²) in [6, 6.07) is 5.30. The maximum absolute atomic E-state index is 12.6. The van der Waals surface area contributed by atoms with Gasteiger partial charge in [-0.15, -0.1) is 0 Å². The van der Waals surface area contributed by atoms with Crippen LogP contribution >= 0.6 is 11.6 Å². The van der Waals surface area contributed by atoms with Gasteiger partial charge in [-0.2, -0.15) is 0 Å². The van der Waals surface area contributed by atoms with Crippen molar-refractivity contribution in [2.24, 2.45) is 0 Å². The Kier molecular flexibility index (Phi) is 3.14. The molecule has 104 valence electrons. The van der Waals surface area contributed by atoms with Gasteiger partial charge in [-0.3, -0.25) is 4.79 Å². The van der Waals surface area contributed by atoms with E-state index in [1.54, 1.807) is 23.4 Å². The Labute approximate surface area is 122 Å². The fraction of sp³-hybridized carbons (Fsp3) is 0.286. The van der Waals surface area contributed by atoms with E-state index < -0.39 is 0 Å². The number of anilines is 1. The van der Waals surface area contributed by atoms with Gasteiger partial charge in [0.15, 0.2) is 0 Å². The summed E-state index contributed by atoms with van der Waals surface area (Å²) >= 11 is 5.98. The zero-order valence-electron chi connectivity index (χ0n) is 11.3. The first kappa shape index (κ1) is 13.0. The summed E-state index contributed by atoms with van der Waals surface area (Å²) in [5.74, 6) is -0.0313. The number of carbonyl (C=O) groups is 1. The molecule has 1 aliphatic rings. The first-order valence-electron chi connectivity index (χ1n) is 6.48. The molecule has 0 spiro atoms. The smallest absolute Gasteiger partial charge is 0.257 e. The first-order chi connectivity index (χ1) is 9.61. The molecule has 0 radical (unpaired) electrons. The number of carbonyl (C=O) groups excluding carboxylic acids is 1. The largest absolute Gasteiger partial charge is 0.359 e. The molecular weight excluding hydrogens is 276 g/mol. The highest BCUT2D eigenvalue weighted by Gasteiger charge is 2.33. The van der Waals surface area contributed by atoms with E-state index in [1.807, 2.05) is 19.9 Å². The molecule has 0 aliphatic carbocycles. The van der Waals surface area contributed by atoms with Crippen LogP contribution in [0.5, 0.6) is 0 Å². The fourth-order valence-electron chi connectivity index (χ4n) is 2.50. The van der Waals surface area contributed by atoms with Crippen LogP contribution in [-0.2, 0) is 0 Å². The number of rotatable bonds is 2. The number of H-pyrrole nitrogens is 1. The lowest BCUT2D eigenvalue weighted by Gasteiger charge is -2.36. The van der Waals surface area contributed by atoms with Crippen molar-refractivity contribution in [2.75, 3.05) is 11.9 Å². The fourth-order valence-corrected chi connectivity index (χ4v) is 2.68. The van der Waals surface area contributed by atoms with Crippen molar-refractivity contribution >= 4 is 23.2 Å². The Balaban J connectivity index is 2.08. The summed E-state index contributed by atoms with van der Waals surface area (Å²) in [5, 5.41) is 3.92. The van der Waals surface area contributed by atoms with E-state index in [1.165, 1.54) is 0 Å². The van der Waals surface area contributed by atoms with Crippen molar-refractivity contribution < 1.29 is 4.79 Å². The lowest BCUT2D eigenvalue weighted by molar-refractivity contribution is 0.0691. The minimum Gasteiger partial charge on any atom is -0.359 e. The van der Waals surface area contributed by atoms with Gasteiger partial charge in [-0.05, 0) is 32.0 Å². The zero-order chi connectivity index (χ0) is 14.3. The standard InChI is InChI=1S/C14H15ClN4O/c1-3-19-13(12-8(2)16-7-17-12)18-11-5-4-9(15)6-10(11)14(19)20/h4-7,13,18H,3H2,1-2H3,(H,16,17)/t13-/m0/s1. The highest BCUT2D eigenvalue weighted by atomic mass is 35.5. The average Bonchev–Trinajstić information content (AvgIpc) is 2.85. The molecule has 6 heteroatoms. The number of benzene rings is 1. The topological polar surface area (TPSA) is 61.0 Å². The first-order valence-corrected chi connectivity index (χ1v) is 6.86. The molecule has 1 aromatic heterocycles. The Morgan fingerprint density at radius 3 is 2.90 bits per heavy atom. The highest BCUT2D eigenvalue weighted by Crippen LogP contribution is 2.34. The Morgan fingerprint density at radius 1 is 1.45 bits per heavy atom. The number of halogens is 1. The summed E-state index contributed by atoms with van der Waals surface area (Å²) in [6.07, 6.45) is 1.38. The maximum Gasteiger partial charge on any atom is 0.257 e. The molecule has 3 rings (SSSR count). The van der Waals surface area contributed by atoms with Crippen LogP contribution in [0.3, 0.4) is 0 Å². The third kappa shape index (κ3) is 1.94. The Morgan fingerprint density at radius 2 is 2.25 bits per heavy atom. The third-order valence-electron chi connectivity index (χ3n) is 3.55. The number of hydrogen-bond donors (Lipinski definition) is 2. The normalized spacial score (nSPS) is 17.9. The number of nitrogens with zero attached hydrogens (tertiary/aromatic N) is 2. The Bertz CT molecular complexity index is 667. The molecule has 0 saturated carbocycles. The molecule has 1 amide bonds. The second-order valence-electron chi connectivity index (χ2n) is 4.74. The summed E-state index contributed by atoms with van der Waals surface area (Å²) in [7, 11) is 0. The summed E-state index contributed by atoms with van der Waals surface area (Å²) in [5.41, 5.74) is 3.17. The number of aryl methyl sites for hydroxylation is 1. The number of fused-ring (bicyclic) bond motifs is 1. The van der Waals surface area contributed by atoms with E-state index in [2.05, 4.69) is 15.3 Å².